The molecule has 2 atom stereocenters. The van der Waals surface area contributed by atoms with Crippen molar-refractivity contribution < 1.29 is 19.2 Å². The van der Waals surface area contributed by atoms with Gasteiger partial charge in [-0.15, -0.1) is 0 Å². The van der Waals surface area contributed by atoms with E-state index in [0.29, 0.717) is 24.7 Å². The molecule has 2 saturated carbocycles. The van der Waals surface area contributed by atoms with Crippen LogP contribution in [0.2, 0.25) is 0 Å². The van der Waals surface area contributed by atoms with E-state index in [1.165, 1.54) is 12.8 Å². The summed E-state index contributed by atoms with van der Waals surface area (Å²) in [7, 11) is 0. The summed E-state index contributed by atoms with van der Waals surface area (Å²) in [5.74, 6) is -0.199. The number of carbonyl (C=O) groups is 1. The molecule has 21 heavy (non-hydrogen) atoms. The van der Waals surface area contributed by atoms with Crippen molar-refractivity contribution in [1.82, 2.24) is 10.1 Å². The zero-order valence-corrected chi connectivity index (χ0v) is 12.4. The number of rotatable bonds is 5. The molecule has 6 heteroatoms. The van der Waals surface area contributed by atoms with E-state index in [2.05, 4.69) is 10.1 Å². The van der Waals surface area contributed by atoms with Crippen molar-refractivity contribution in [3.63, 3.8) is 0 Å². The highest BCUT2D eigenvalue weighted by molar-refractivity contribution is 5.74. The number of hydrogen-bond acceptors (Lipinski definition) is 5. The van der Waals surface area contributed by atoms with Gasteiger partial charge in [0.15, 0.2) is 0 Å². The molecule has 1 aromatic heterocycles. The largest absolute Gasteiger partial charge is 0.481 e. The molecule has 0 aromatic carbocycles. The molecule has 1 N–H and O–H groups in total. The molecule has 1 aromatic rings. The van der Waals surface area contributed by atoms with Gasteiger partial charge in [0.05, 0.1) is 11.8 Å². The minimum Gasteiger partial charge on any atom is -0.481 e. The zero-order valence-electron chi connectivity index (χ0n) is 12.4. The Kier molecular flexibility index (Phi) is 3.97. The molecule has 1 heterocycles. The molecule has 3 rings (SSSR count). The number of carboxylic acids is 1. The Balaban J connectivity index is 1.80. The molecule has 2 aliphatic carbocycles. The number of aliphatic carboxylic acids is 1. The molecule has 0 bridgehead atoms. The van der Waals surface area contributed by atoms with Gasteiger partial charge < -0.3 is 14.4 Å². The van der Waals surface area contributed by atoms with Crippen molar-refractivity contribution in [2.75, 3.05) is 6.61 Å². The van der Waals surface area contributed by atoms with Crippen molar-refractivity contribution in [1.29, 1.82) is 0 Å². The Hall–Kier alpha value is -1.43. The van der Waals surface area contributed by atoms with Crippen LogP contribution in [0.25, 0.3) is 0 Å². The third-order valence-corrected chi connectivity index (χ3v) is 4.61. The summed E-state index contributed by atoms with van der Waals surface area (Å²) < 4.78 is 11.4. The minimum atomic E-state index is -0.784. The predicted molar refractivity (Wildman–Crippen MR) is 73.8 cm³/mol. The van der Waals surface area contributed by atoms with Gasteiger partial charge in [0.1, 0.15) is 5.60 Å². The van der Waals surface area contributed by atoms with E-state index in [-0.39, 0.29) is 11.8 Å². The quantitative estimate of drug-likeness (QED) is 0.840. The summed E-state index contributed by atoms with van der Waals surface area (Å²) in [5, 5.41) is 13.1. The van der Waals surface area contributed by atoms with Crippen LogP contribution in [0.3, 0.4) is 0 Å². The Labute approximate surface area is 123 Å². The van der Waals surface area contributed by atoms with E-state index in [9.17, 15) is 4.79 Å². The standard InChI is InChI=1S/C15H22N2O4/c1-2-20-15(7-5-3-4-6-8-15)14-16-12(21-17-14)10-9-11(10)13(18)19/h10-11H,2-9H2,1H3,(H,18,19). The monoisotopic (exact) mass is 294 g/mol. The van der Waals surface area contributed by atoms with Crippen molar-refractivity contribution in [3.8, 4) is 0 Å². The van der Waals surface area contributed by atoms with Gasteiger partial charge in [-0.25, -0.2) is 0 Å². The summed E-state index contributed by atoms with van der Waals surface area (Å²) >= 11 is 0. The first kappa shape index (κ1) is 14.5. The first-order chi connectivity index (χ1) is 10.2. The summed E-state index contributed by atoms with van der Waals surface area (Å²) in [4.78, 5) is 15.4. The second kappa shape index (κ2) is 5.75. The smallest absolute Gasteiger partial charge is 0.307 e. The van der Waals surface area contributed by atoms with Crippen LogP contribution < -0.4 is 0 Å². The van der Waals surface area contributed by atoms with Gasteiger partial charge in [0, 0.05) is 6.61 Å². The van der Waals surface area contributed by atoms with Crippen molar-refractivity contribution in [2.24, 2.45) is 5.92 Å². The first-order valence-corrected chi connectivity index (χ1v) is 7.87. The van der Waals surface area contributed by atoms with Crippen LogP contribution in [0.15, 0.2) is 4.52 Å². The molecule has 2 unspecified atom stereocenters. The van der Waals surface area contributed by atoms with Crippen molar-refractivity contribution in [2.45, 2.75) is 63.4 Å². The molecule has 116 valence electrons. The Morgan fingerprint density at radius 3 is 2.67 bits per heavy atom. The molecule has 0 spiro atoms. The SMILES string of the molecule is CCOC1(c2noc(C3CC3C(=O)O)n2)CCCCCC1. The van der Waals surface area contributed by atoms with E-state index in [0.717, 1.165) is 25.7 Å². The lowest BCUT2D eigenvalue weighted by Gasteiger charge is -2.29. The van der Waals surface area contributed by atoms with Crippen LogP contribution in [0.5, 0.6) is 0 Å². The lowest BCUT2D eigenvalue weighted by Crippen LogP contribution is -2.30. The molecule has 0 saturated heterocycles. The minimum absolute atomic E-state index is 0.117. The molecule has 0 radical (unpaired) electrons. The molecule has 0 amide bonds. The summed E-state index contributed by atoms with van der Waals surface area (Å²) in [6.45, 7) is 2.60. The van der Waals surface area contributed by atoms with E-state index >= 15 is 0 Å². The molecular weight excluding hydrogens is 272 g/mol. The normalized spacial score (nSPS) is 28.0. The lowest BCUT2D eigenvalue weighted by atomic mass is 9.93. The highest BCUT2D eigenvalue weighted by atomic mass is 16.5. The van der Waals surface area contributed by atoms with Crippen LogP contribution in [-0.2, 0) is 15.1 Å². The average molecular weight is 294 g/mol. The summed E-state index contributed by atoms with van der Waals surface area (Å²) in [6, 6.07) is 0. The fraction of sp³-hybridized carbons (Fsp3) is 0.800. The van der Waals surface area contributed by atoms with Crippen LogP contribution in [-0.4, -0.2) is 27.8 Å². The van der Waals surface area contributed by atoms with Gasteiger partial charge in [-0.1, -0.05) is 30.8 Å². The van der Waals surface area contributed by atoms with Crippen molar-refractivity contribution >= 4 is 5.97 Å². The van der Waals surface area contributed by atoms with E-state index in [4.69, 9.17) is 14.4 Å². The third-order valence-electron chi connectivity index (χ3n) is 4.61. The molecule has 6 nitrogen and oxygen atoms in total. The zero-order chi connectivity index (χ0) is 14.9. The van der Waals surface area contributed by atoms with E-state index in [1.54, 1.807) is 0 Å². The maximum atomic E-state index is 11.0. The molecular formula is C15H22N2O4. The van der Waals surface area contributed by atoms with Crippen LogP contribution >= 0.6 is 0 Å². The number of carboxylic acid groups (broad SMARTS) is 1. The van der Waals surface area contributed by atoms with Gasteiger partial charge in [-0.05, 0) is 26.2 Å². The maximum absolute atomic E-state index is 11.0. The van der Waals surface area contributed by atoms with Gasteiger partial charge in [0.25, 0.3) is 0 Å². The fourth-order valence-electron chi connectivity index (χ4n) is 3.32. The predicted octanol–water partition coefficient (Wildman–Crippen LogP) is 2.84. The summed E-state index contributed by atoms with van der Waals surface area (Å²) in [6.07, 6.45) is 7.04. The van der Waals surface area contributed by atoms with Crippen LogP contribution in [0.4, 0.5) is 0 Å². The van der Waals surface area contributed by atoms with Crippen molar-refractivity contribution in [3.05, 3.63) is 11.7 Å². The highest BCUT2D eigenvalue weighted by Gasteiger charge is 2.49. The number of hydrogen-bond donors (Lipinski definition) is 1. The third kappa shape index (κ3) is 2.81. The second-order valence-corrected chi connectivity index (χ2v) is 6.08. The Bertz CT molecular complexity index is 506. The molecule has 2 fully saturated rings. The van der Waals surface area contributed by atoms with Gasteiger partial charge in [0.2, 0.25) is 11.7 Å². The van der Waals surface area contributed by atoms with E-state index in [1.807, 2.05) is 6.92 Å². The van der Waals surface area contributed by atoms with Gasteiger partial charge >= 0.3 is 5.97 Å². The summed E-state index contributed by atoms with van der Waals surface area (Å²) in [5.41, 5.74) is -0.444. The highest BCUT2D eigenvalue weighted by Crippen LogP contribution is 2.47. The average Bonchev–Trinajstić information content (AvgIpc) is 3.18. The second-order valence-electron chi connectivity index (χ2n) is 6.08. The molecule has 2 aliphatic rings. The van der Waals surface area contributed by atoms with Gasteiger partial charge in [-0.2, -0.15) is 4.98 Å². The number of ether oxygens (including phenoxy) is 1. The topological polar surface area (TPSA) is 85.5 Å². The Morgan fingerprint density at radius 1 is 1.38 bits per heavy atom. The number of nitrogens with zero attached hydrogens (tertiary/aromatic N) is 2. The number of aromatic nitrogens is 2. The first-order valence-electron chi connectivity index (χ1n) is 7.87. The molecule has 0 aliphatic heterocycles. The van der Waals surface area contributed by atoms with Gasteiger partial charge in [-0.3, -0.25) is 4.79 Å². The fourth-order valence-corrected chi connectivity index (χ4v) is 3.32. The maximum Gasteiger partial charge on any atom is 0.307 e. The lowest BCUT2D eigenvalue weighted by molar-refractivity contribution is -0.138. The van der Waals surface area contributed by atoms with Crippen LogP contribution in [0, 0.1) is 5.92 Å². The van der Waals surface area contributed by atoms with Crippen LogP contribution in [0.1, 0.15) is 69.5 Å². The Morgan fingerprint density at radius 2 is 2.10 bits per heavy atom. The van der Waals surface area contributed by atoms with E-state index < -0.39 is 11.6 Å².